The molecule has 1 aliphatic heterocycles. The number of carboxylic acid groups (broad SMARTS) is 1. The summed E-state index contributed by atoms with van der Waals surface area (Å²) in [5, 5.41) is 8.91. The molecule has 0 radical (unpaired) electrons. The van der Waals surface area contributed by atoms with Gasteiger partial charge in [0.25, 0.3) is 0 Å². The minimum Gasteiger partial charge on any atom is -0.478 e. The maximum Gasteiger partial charge on any atom is 0.337 e. The van der Waals surface area contributed by atoms with E-state index in [9.17, 15) is 9.59 Å². The molecule has 0 unspecified atom stereocenters. The minimum atomic E-state index is -0.966. The highest BCUT2D eigenvalue weighted by atomic mass is 16.4. The summed E-state index contributed by atoms with van der Waals surface area (Å²) in [5.74, 6) is 0.355. The van der Waals surface area contributed by atoms with Gasteiger partial charge in [-0.3, -0.25) is 4.79 Å². The Morgan fingerprint density at radius 1 is 1.04 bits per heavy atom. The first-order valence-corrected chi connectivity index (χ1v) is 8.38. The SMILES string of the molecule is O=C(O)c1ccc(N2CCN(C(=O)C3CCCCC3)CC2)nc1. The Balaban J connectivity index is 1.55. The molecule has 1 saturated heterocycles. The lowest BCUT2D eigenvalue weighted by Gasteiger charge is -2.37. The van der Waals surface area contributed by atoms with Gasteiger partial charge in [-0.15, -0.1) is 0 Å². The standard InChI is InChI=1S/C17H23N3O3/c21-16(13-4-2-1-3-5-13)20-10-8-19(9-11-20)15-7-6-14(12-18-15)17(22)23/h6-7,12-13H,1-5,8-11H2,(H,22,23). The van der Waals surface area contributed by atoms with E-state index >= 15 is 0 Å². The quantitative estimate of drug-likeness (QED) is 0.923. The van der Waals surface area contributed by atoms with Crippen LogP contribution in [0.1, 0.15) is 42.5 Å². The molecule has 0 spiro atoms. The van der Waals surface area contributed by atoms with Gasteiger partial charge in [0.15, 0.2) is 0 Å². The maximum absolute atomic E-state index is 12.5. The lowest BCUT2D eigenvalue weighted by Crippen LogP contribution is -2.50. The topological polar surface area (TPSA) is 73.7 Å². The lowest BCUT2D eigenvalue weighted by molar-refractivity contribution is -0.136. The van der Waals surface area contributed by atoms with E-state index in [-0.39, 0.29) is 11.5 Å². The molecule has 0 aromatic carbocycles. The largest absolute Gasteiger partial charge is 0.478 e. The molecule has 3 rings (SSSR count). The van der Waals surface area contributed by atoms with Gasteiger partial charge in [-0.2, -0.15) is 0 Å². The van der Waals surface area contributed by atoms with Crippen molar-refractivity contribution in [2.75, 3.05) is 31.1 Å². The second-order valence-corrected chi connectivity index (χ2v) is 6.36. The van der Waals surface area contributed by atoms with Crippen LogP contribution in [0.5, 0.6) is 0 Å². The fourth-order valence-corrected chi connectivity index (χ4v) is 3.46. The number of amides is 1. The molecule has 1 aromatic rings. The Morgan fingerprint density at radius 3 is 2.30 bits per heavy atom. The minimum absolute atomic E-state index is 0.194. The number of carboxylic acids is 1. The van der Waals surface area contributed by atoms with Gasteiger partial charge in [0.2, 0.25) is 5.91 Å². The summed E-state index contributed by atoms with van der Waals surface area (Å²) in [4.78, 5) is 31.7. The van der Waals surface area contributed by atoms with Gasteiger partial charge in [0.1, 0.15) is 5.82 Å². The number of piperazine rings is 1. The Kier molecular flexibility index (Phi) is 4.79. The van der Waals surface area contributed by atoms with E-state index in [1.165, 1.54) is 25.5 Å². The van der Waals surface area contributed by atoms with Gasteiger partial charge < -0.3 is 14.9 Å². The summed E-state index contributed by atoms with van der Waals surface area (Å²) in [6.45, 7) is 2.94. The molecule has 6 nitrogen and oxygen atoms in total. The van der Waals surface area contributed by atoms with E-state index < -0.39 is 5.97 Å². The van der Waals surface area contributed by atoms with E-state index in [1.54, 1.807) is 12.1 Å². The first-order valence-electron chi connectivity index (χ1n) is 8.38. The number of aromatic nitrogens is 1. The molecule has 1 N–H and O–H groups in total. The highest BCUT2D eigenvalue weighted by Gasteiger charge is 2.28. The molecule has 23 heavy (non-hydrogen) atoms. The van der Waals surface area contributed by atoms with Crippen LogP contribution >= 0.6 is 0 Å². The van der Waals surface area contributed by atoms with Gasteiger partial charge in [0.05, 0.1) is 5.56 Å². The number of rotatable bonds is 3. The van der Waals surface area contributed by atoms with Gasteiger partial charge in [-0.1, -0.05) is 19.3 Å². The molecule has 0 bridgehead atoms. The van der Waals surface area contributed by atoms with Crippen molar-refractivity contribution in [3.8, 4) is 0 Å². The van der Waals surface area contributed by atoms with Crippen LogP contribution in [0.15, 0.2) is 18.3 Å². The van der Waals surface area contributed by atoms with Crippen molar-refractivity contribution >= 4 is 17.7 Å². The number of carbonyl (C=O) groups is 2. The first kappa shape index (κ1) is 15.8. The Bertz CT molecular complexity index is 559. The zero-order chi connectivity index (χ0) is 16.2. The third kappa shape index (κ3) is 3.63. The van der Waals surface area contributed by atoms with Crippen molar-refractivity contribution in [1.29, 1.82) is 0 Å². The predicted octanol–water partition coefficient (Wildman–Crippen LogP) is 2.01. The van der Waals surface area contributed by atoms with Crippen molar-refractivity contribution in [1.82, 2.24) is 9.88 Å². The number of anilines is 1. The molecule has 6 heteroatoms. The van der Waals surface area contributed by atoms with Crippen LogP contribution in [0.3, 0.4) is 0 Å². The Hall–Kier alpha value is -2.11. The number of carbonyl (C=O) groups excluding carboxylic acids is 1. The molecular weight excluding hydrogens is 294 g/mol. The molecular formula is C17H23N3O3. The molecule has 1 saturated carbocycles. The monoisotopic (exact) mass is 317 g/mol. The summed E-state index contributed by atoms with van der Waals surface area (Å²) in [7, 11) is 0. The zero-order valence-electron chi connectivity index (χ0n) is 13.3. The van der Waals surface area contributed by atoms with Gasteiger partial charge in [-0.05, 0) is 25.0 Å². The zero-order valence-corrected chi connectivity index (χ0v) is 13.3. The highest BCUT2D eigenvalue weighted by molar-refractivity contribution is 5.87. The Labute approximate surface area is 136 Å². The van der Waals surface area contributed by atoms with Crippen LogP contribution in [-0.2, 0) is 4.79 Å². The van der Waals surface area contributed by atoms with Crippen molar-refractivity contribution < 1.29 is 14.7 Å². The van der Waals surface area contributed by atoms with Crippen LogP contribution in [0.25, 0.3) is 0 Å². The molecule has 1 aliphatic carbocycles. The maximum atomic E-state index is 12.5. The molecule has 2 heterocycles. The number of pyridine rings is 1. The number of hydrogen-bond acceptors (Lipinski definition) is 4. The molecule has 1 aromatic heterocycles. The summed E-state index contributed by atoms with van der Waals surface area (Å²) >= 11 is 0. The van der Waals surface area contributed by atoms with E-state index in [2.05, 4.69) is 9.88 Å². The van der Waals surface area contributed by atoms with Crippen LogP contribution in [0.2, 0.25) is 0 Å². The molecule has 124 valence electrons. The predicted molar refractivity (Wildman–Crippen MR) is 86.6 cm³/mol. The van der Waals surface area contributed by atoms with Crippen molar-refractivity contribution in [3.63, 3.8) is 0 Å². The second-order valence-electron chi connectivity index (χ2n) is 6.36. The fourth-order valence-electron chi connectivity index (χ4n) is 3.46. The third-order valence-corrected chi connectivity index (χ3v) is 4.86. The normalized spacial score (nSPS) is 19.7. The van der Waals surface area contributed by atoms with Crippen LogP contribution in [-0.4, -0.2) is 53.0 Å². The fraction of sp³-hybridized carbons (Fsp3) is 0.588. The smallest absolute Gasteiger partial charge is 0.337 e. The molecule has 2 aliphatic rings. The number of hydrogen-bond donors (Lipinski definition) is 1. The molecule has 2 fully saturated rings. The van der Waals surface area contributed by atoms with E-state index in [0.29, 0.717) is 5.91 Å². The summed E-state index contributed by atoms with van der Waals surface area (Å²) < 4.78 is 0. The van der Waals surface area contributed by atoms with Crippen LogP contribution < -0.4 is 4.90 Å². The van der Waals surface area contributed by atoms with Crippen LogP contribution in [0.4, 0.5) is 5.82 Å². The van der Waals surface area contributed by atoms with Crippen molar-refractivity contribution in [2.24, 2.45) is 5.92 Å². The van der Waals surface area contributed by atoms with E-state index in [0.717, 1.165) is 44.8 Å². The molecule has 1 amide bonds. The lowest BCUT2D eigenvalue weighted by atomic mass is 9.88. The summed E-state index contributed by atoms with van der Waals surface area (Å²) in [5.41, 5.74) is 0.194. The van der Waals surface area contributed by atoms with E-state index in [1.807, 2.05) is 4.90 Å². The number of nitrogens with zero attached hydrogens (tertiary/aromatic N) is 3. The first-order chi connectivity index (χ1) is 11.1. The van der Waals surface area contributed by atoms with Crippen molar-refractivity contribution in [2.45, 2.75) is 32.1 Å². The highest BCUT2D eigenvalue weighted by Crippen LogP contribution is 2.26. The van der Waals surface area contributed by atoms with E-state index in [4.69, 9.17) is 5.11 Å². The summed E-state index contributed by atoms with van der Waals surface area (Å²) in [6, 6.07) is 3.31. The molecule has 0 atom stereocenters. The average molecular weight is 317 g/mol. The third-order valence-electron chi connectivity index (χ3n) is 4.86. The van der Waals surface area contributed by atoms with Crippen LogP contribution in [0, 0.1) is 5.92 Å². The van der Waals surface area contributed by atoms with Gasteiger partial charge in [-0.25, -0.2) is 9.78 Å². The average Bonchev–Trinajstić information content (AvgIpc) is 2.62. The Morgan fingerprint density at radius 2 is 1.74 bits per heavy atom. The van der Waals surface area contributed by atoms with Gasteiger partial charge >= 0.3 is 5.97 Å². The summed E-state index contributed by atoms with van der Waals surface area (Å²) in [6.07, 6.45) is 7.08. The van der Waals surface area contributed by atoms with Gasteiger partial charge in [0, 0.05) is 38.3 Å². The number of aromatic carboxylic acids is 1. The van der Waals surface area contributed by atoms with Crippen molar-refractivity contribution in [3.05, 3.63) is 23.9 Å². The second kappa shape index (κ2) is 6.98.